The van der Waals surface area contributed by atoms with Gasteiger partial charge in [-0.05, 0) is 80.8 Å². The lowest BCUT2D eigenvalue weighted by Gasteiger charge is -2.39. The number of thiophene rings is 1. The molecule has 0 bridgehead atoms. The maximum absolute atomic E-state index is 14.2. The second kappa shape index (κ2) is 12.7. The number of pyridine rings is 1. The maximum atomic E-state index is 14.2. The summed E-state index contributed by atoms with van der Waals surface area (Å²) in [5, 5.41) is 10.2. The zero-order valence-corrected chi connectivity index (χ0v) is 26.3. The smallest absolute Gasteiger partial charge is 0.348 e. The Hall–Kier alpha value is -2.94. The second-order valence-corrected chi connectivity index (χ2v) is 14.6. The monoisotopic (exact) mass is 595 g/mol. The third kappa shape index (κ3) is 6.99. The van der Waals surface area contributed by atoms with Gasteiger partial charge in [0.1, 0.15) is 11.0 Å². The van der Waals surface area contributed by atoms with E-state index in [0.717, 1.165) is 74.8 Å². The van der Waals surface area contributed by atoms with Gasteiger partial charge in [-0.25, -0.2) is 9.78 Å². The minimum atomic E-state index is -0.971. The zero-order chi connectivity index (χ0) is 30.0. The first kappa shape index (κ1) is 30.5. The highest BCUT2D eigenvalue weighted by molar-refractivity contribution is 7.14. The minimum absolute atomic E-state index is 0.0150. The van der Waals surface area contributed by atoms with Gasteiger partial charge >= 0.3 is 5.97 Å². The summed E-state index contributed by atoms with van der Waals surface area (Å²) in [6.45, 7) is 9.87. The van der Waals surface area contributed by atoms with Crippen LogP contribution in [0.4, 0.5) is 5.69 Å². The molecule has 8 nitrogen and oxygen atoms in total. The highest BCUT2D eigenvalue weighted by Gasteiger charge is 2.38. The van der Waals surface area contributed by atoms with Crippen LogP contribution in [0.25, 0.3) is 0 Å². The van der Waals surface area contributed by atoms with Crippen molar-refractivity contribution in [2.45, 2.75) is 116 Å². The van der Waals surface area contributed by atoms with Crippen LogP contribution in [0, 0.1) is 11.8 Å². The quantitative estimate of drug-likeness (QED) is 0.360. The molecule has 2 amide bonds. The van der Waals surface area contributed by atoms with Gasteiger partial charge in [0.15, 0.2) is 0 Å². The lowest BCUT2D eigenvalue weighted by molar-refractivity contribution is -0.128. The molecule has 0 aromatic carbocycles. The summed E-state index contributed by atoms with van der Waals surface area (Å²) < 4.78 is 6.25. The number of ether oxygens (including phenoxy) is 1. The maximum Gasteiger partial charge on any atom is 0.348 e. The summed E-state index contributed by atoms with van der Waals surface area (Å²) in [7, 11) is 0. The summed E-state index contributed by atoms with van der Waals surface area (Å²) in [5.41, 5.74) is 1.35. The fourth-order valence-electron chi connectivity index (χ4n) is 6.54. The number of likely N-dealkylation sites (tertiary alicyclic amines) is 1. The highest BCUT2D eigenvalue weighted by atomic mass is 32.1. The Kier molecular flexibility index (Phi) is 9.26. The molecule has 1 saturated heterocycles. The third-order valence-electron chi connectivity index (χ3n) is 9.15. The first-order valence-electron chi connectivity index (χ1n) is 15.6. The molecule has 1 N–H and O–H groups in total. The molecule has 42 heavy (non-hydrogen) atoms. The largest absolute Gasteiger partial charge is 0.477 e. The topological polar surface area (TPSA) is 100 Å². The van der Waals surface area contributed by atoms with E-state index >= 15 is 0 Å². The van der Waals surface area contributed by atoms with E-state index in [1.54, 1.807) is 6.20 Å². The molecule has 228 valence electrons. The van der Waals surface area contributed by atoms with Gasteiger partial charge in [0.2, 0.25) is 17.7 Å². The van der Waals surface area contributed by atoms with Crippen molar-refractivity contribution in [1.82, 2.24) is 9.88 Å². The molecule has 3 aliphatic rings. The number of rotatable bonds is 8. The van der Waals surface area contributed by atoms with Crippen molar-refractivity contribution in [2.24, 2.45) is 11.8 Å². The Morgan fingerprint density at radius 2 is 1.81 bits per heavy atom. The van der Waals surface area contributed by atoms with Crippen LogP contribution in [0.1, 0.15) is 112 Å². The molecule has 2 saturated carbocycles. The van der Waals surface area contributed by atoms with E-state index in [4.69, 9.17) is 4.74 Å². The predicted octanol–water partition coefficient (Wildman–Crippen LogP) is 6.81. The summed E-state index contributed by atoms with van der Waals surface area (Å²) >= 11 is 1.30. The van der Waals surface area contributed by atoms with E-state index in [2.05, 4.69) is 32.7 Å². The standard InChI is InChI=1S/C33H45N3O5S/c1-21-7-10-23(11-8-21)31(38)36(26-18-27(33(2,3)4)42-30(26)32(39)40)24-12-14-25(15-13-24)41-28-16-9-22(19-34-28)20-35-17-5-6-29(35)37/h9,16,18-19,21,23-25H,5-8,10-15,17,20H2,1-4H3,(H,39,40). The lowest BCUT2D eigenvalue weighted by atomic mass is 9.81. The number of aromatic nitrogens is 1. The number of nitrogens with zero attached hydrogens (tertiary/aromatic N) is 3. The van der Waals surface area contributed by atoms with Gasteiger partial charge in [-0.1, -0.05) is 33.8 Å². The summed E-state index contributed by atoms with van der Waals surface area (Å²) in [6, 6.07) is 5.74. The van der Waals surface area contributed by atoms with Crippen molar-refractivity contribution in [1.29, 1.82) is 0 Å². The molecule has 2 aromatic rings. The van der Waals surface area contributed by atoms with Crippen molar-refractivity contribution < 1.29 is 24.2 Å². The molecule has 3 heterocycles. The summed E-state index contributed by atoms with van der Waals surface area (Å²) in [6.07, 6.45) is 10.1. The van der Waals surface area contributed by atoms with E-state index in [-0.39, 0.29) is 40.2 Å². The van der Waals surface area contributed by atoms with Crippen LogP contribution in [0.2, 0.25) is 0 Å². The molecule has 0 unspecified atom stereocenters. The predicted molar refractivity (Wildman–Crippen MR) is 164 cm³/mol. The van der Waals surface area contributed by atoms with Gasteiger partial charge in [-0.2, -0.15) is 0 Å². The van der Waals surface area contributed by atoms with E-state index in [9.17, 15) is 19.5 Å². The number of carboxylic acids is 1. The molecule has 0 atom stereocenters. The van der Waals surface area contributed by atoms with E-state index in [1.165, 1.54) is 11.3 Å². The van der Waals surface area contributed by atoms with E-state index in [0.29, 0.717) is 30.5 Å². The molecular weight excluding hydrogens is 550 g/mol. The van der Waals surface area contributed by atoms with Crippen molar-refractivity contribution >= 4 is 34.8 Å². The average Bonchev–Trinajstić information content (AvgIpc) is 3.58. The number of carbonyl (C=O) groups is 3. The van der Waals surface area contributed by atoms with Crippen LogP contribution in [0.3, 0.4) is 0 Å². The number of carboxylic acid groups (broad SMARTS) is 1. The number of amides is 2. The SMILES string of the molecule is CC1CCC(C(=O)N(c2cc(C(C)(C)C)sc2C(=O)O)C2CCC(Oc3ccc(CN4CCCC4=O)cn3)CC2)CC1. The first-order chi connectivity index (χ1) is 20.0. The molecule has 9 heteroatoms. The average molecular weight is 596 g/mol. The second-order valence-electron chi connectivity index (χ2n) is 13.5. The molecule has 3 fully saturated rings. The summed E-state index contributed by atoms with van der Waals surface area (Å²) in [5.74, 6) is 0.448. The molecule has 1 aliphatic heterocycles. The molecular formula is C33H45N3O5S. The van der Waals surface area contributed by atoms with Crippen molar-refractivity contribution in [3.05, 3.63) is 39.7 Å². The van der Waals surface area contributed by atoms with Gasteiger partial charge in [0.05, 0.1) is 5.69 Å². The van der Waals surface area contributed by atoms with Gasteiger partial charge in [0.25, 0.3) is 0 Å². The Labute approximate surface area is 253 Å². The molecule has 2 aromatic heterocycles. The molecule has 5 rings (SSSR count). The van der Waals surface area contributed by atoms with Gasteiger partial charge in [-0.3, -0.25) is 9.59 Å². The van der Waals surface area contributed by atoms with Crippen LogP contribution in [-0.4, -0.2) is 51.5 Å². The fraction of sp³-hybridized carbons (Fsp3) is 0.636. The van der Waals surface area contributed by atoms with Crippen LogP contribution < -0.4 is 9.64 Å². The fourth-order valence-corrected chi connectivity index (χ4v) is 7.59. The number of carbonyl (C=O) groups excluding carboxylic acids is 2. The zero-order valence-electron chi connectivity index (χ0n) is 25.4. The number of anilines is 1. The molecule has 0 radical (unpaired) electrons. The van der Waals surface area contributed by atoms with Crippen molar-refractivity contribution in [3.63, 3.8) is 0 Å². The van der Waals surface area contributed by atoms with Gasteiger partial charge in [0, 0.05) is 48.6 Å². The minimum Gasteiger partial charge on any atom is -0.477 e. The van der Waals surface area contributed by atoms with Crippen LogP contribution in [-0.2, 0) is 21.5 Å². The molecule has 0 spiro atoms. The normalized spacial score (nSPS) is 25.0. The van der Waals surface area contributed by atoms with Crippen LogP contribution in [0.5, 0.6) is 5.88 Å². The number of aromatic carboxylic acids is 1. The van der Waals surface area contributed by atoms with Crippen molar-refractivity contribution in [2.75, 3.05) is 11.4 Å². The third-order valence-corrected chi connectivity index (χ3v) is 10.7. The first-order valence-corrected chi connectivity index (χ1v) is 16.4. The van der Waals surface area contributed by atoms with Gasteiger partial charge < -0.3 is 19.6 Å². The summed E-state index contributed by atoms with van der Waals surface area (Å²) in [4.78, 5) is 48.0. The van der Waals surface area contributed by atoms with E-state index < -0.39 is 5.97 Å². The van der Waals surface area contributed by atoms with Gasteiger partial charge in [-0.15, -0.1) is 11.3 Å². The van der Waals surface area contributed by atoms with E-state index in [1.807, 2.05) is 28.0 Å². The Balaban J connectivity index is 1.29. The Morgan fingerprint density at radius 3 is 2.38 bits per heavy atom. The van der Waals surface area contributed by atoms with Crippen LogP contribution in [0.15, 0.2) is 24.4 Å². The lowest BCUT2D eigenvalue weighted by Crippen LogP contribution is -2.47. The number of hydrogen-bond acceptors (Lipinski definition) is 6. The van der Waals surface area contributed by atoms with Crippen molar-refractivity contribution in [3.8, 4) is 5.88 Å². The van der Waals surface area contributed by atoms with Crippen LogP contribution >= 0.6 is 11.3 Å². The Bertz CT molecular complexity index is 1270. The number of hydrogen-bond donors (Lipinski definition) is 1. The highest BCUT2D eigenvalue weighted by Crippen LogP contribution is 2.42. The Morgan fingerprint density at radius 1 is 1.10 bits per heavy atom. The molecule has 2 aliphatic carbocycles.